The van der Waals surface area contributed by atoms with Gasteiger partial charge in [0.2, 0.25) is 0 Å². The molecule has 0 N–H and O–H groups in total. The minimum atomic E-state index is 1.08. The van der Waals surface area contributed by atoms with E-state index in [9.17, 15) is 0 Å². The predicted octanol–water partition coefficient (Wildman–Crippen LogP) is 4.67. The van der Waals surface area contributed by atoms with E-state index in [1.54, 1.807) is 0 Å². The smallest absolute Gasteiger partial charge is 0.00520 e. The Hall–Kier alpha value is -1.56. The molecule has 1 aromatic rings. The van der Waals surface area contributed by atoms with Gasteiger partial charge in [-0.05, 0) is 36.5 Å². The molecule has 0 nitrogen and oxygen atoms in total. The molecule has 0 aliphatic heterocycles. The standard InChI is InChI=1S/C16H18/c1-4-13-10-16(11-14(13)5-2)15-8-6-12(3)7-9-15/h4,6-10H,1,5,11H2,2-3H3. The molecule has 0 saturated carbocycles. The first-order valence-corrected chi connectivity index (χ1v) is 5.86. The van der Waals surface area contributed by atoms with E-state index < -0.39 is 0 Å². The molecule has 0 amide bonds. The van der Waals surface area contributed by atoms with Crippen LogP contribution >= 0.6 is 0 Å². The van der Waals surface area contributed by atoms with Crippen molar-refractivity contribution < 1.29 is 0 Å². The van der Waals surface area contributed by atoms with Crippen molar-refractivity contribution >= 4 is 5.57 Å². The van der Waals surface area contributed by atoms with Crippen molar-refractivity contribution in [2.24, 2.45) is 0 Å². The molecular weight excluding hydrogens is 192 g/mol. The van der Waals surface area contributed by atoms with Crippen LogP contribution in [0, 0.1) is 6.92 Å². The van der Waals surface area contributed by atoms with E-state index in [-0.39, 0.29) is 0 Å². The van der Waals surface area contributed by atoms with Crippen molar-refractivity contribution in [3.8, 4) is 0 Å². The van der Waals surface area contributed by atoms with E-state index in [2.05, 4.69) is 50.8 Å². The fourth-order valence-corrected chi connectivity index (χ4v) is 2.16. The van der Waals surface area contributed by atoms with Crippen molar-refractivity contribution in [1.29, 1.82) is 0 Å². The summed E-state index contributed by atoms with van der Waals surface area (Å²) in [5.41, 5.74) is 6.90. The summed E-state index contributed by atoms with van der Waals surface area (Å²) in [7, 11) is 0. The van der Waals surface area contributed by atoms with E-state index in [1.807, 2.05) is 6.08 Å². The van der Waals surface area contributed by atoms with Crippen molar-refractivity contribution in [1.82, 2.24) is 0 Å². The zero-order chi connectivity index (χ0) is 11.5. The number of rotatable bonds is 3. The highest BCUT2D eigenvalue weighted by Gasteiger charge is 2.13. The van der Waals surface area contributed by atoms with Crippen LogP contribution in [-0.4, -0.2) is 0 Å². The Labute approximate surface area is 98.0 Å². The lowest BCUT2D eigenvalue weighted by molar-refractivity contribution is 1.05. The zero-order valence-electron chi connectivity index (χ0n) is 10.1. The van der Waals surface area contributed by atoms with Crippen molar-refractivity contribution in [3.05, 3.63) is 65.3 Å². The average molecular weight is 210 g/mol. The van der Waals surface area contributed by atoms with Crippen LogP contribution in [0.5, 0.6) is 0 Å². The van der Waals surface area contributed by atoms with Gasteiger partial charge in [-0.25, -0.2) is 0 Å². The Balaban J connectivity index is 2.27. The molecule has 0 radical (unpaired) electrons. The fraction of sp³-hybridized carbons (Fsp3) is 0.250. The predicted molar refractivity (Wildman–Crippen MR) is 71.3 cm³/mol. The maximum Gasteiger partial charge on any atom is -0.00520 e. The number of aryl methyl sites for hydroxylation is 1. The Kier molecular flexibility index (Phi) is 3.09. The number of benzene rings is 1. The molecule has 0 fully saturated rings. The second-order valence-electron chi connectivity index (χ2n) is 4.33. The van der Waals surface area contributed by atoms with Gasteiger partial charge < -0.3 is 0 Å². The first kappa shape index (κ1) is 10.9. The van der Waals surface area contributed by atoms with Gasteiger partial charge in [-0.1, -0.05) is 61.1 Å². The van der Waals surface area contributed by atoms with Crippen LogP contribution in [0.15, 0.2) is 54.1 Å². The molecule has 2 rings (SSSR count). The summed E-state index contributed by atoms with van der Waals surface area (Å²) in [6.07, 6.45) is 6.45. The topological polar surface area (TPSA) is 0 Å². The van der Waals surface area contributed by atoms with Crippen molar-refractivity contribution in [2.45, 2.75) is 26.7 Å². The minimum Gasteiger partial charge on any atom is -0.0985 e. The van der Waals surface area contributed by atoms with Crippen molar-refractivity contribution in [2.75, 3.05) is 0 Å². The summed E-state index contributed by atoms with van der Waals surface area (Å²) < 4.78 is 0. The molecule has 82 valence electrons. The third-order valence-corrected chi connectivity index (χ3v) is 3.21. The second kappa shape index (κ2) is 4.52. The first-order valence-electron chi connectivity index (χ1n) is 5.86. The number of hydrogen-bond donors (Lipinski definition) is 0. The highest BCUT2D eigenvalue weighted by molar-refractivity contribution is 5.75. The molecule has 0 atom stereocenters. The van der Waals surface area contributed by atoms with Gasteiger partial charge in [0.05, 0.1) is 0 Å². The molecule has 16 heavy (non-hydrogen) atoms. The Morgan fingerprint density at radius 3 is 2.44 bits per heavy atom. The van der Waals surface area contributed by atoms with Crippen LogP contribution in [0.3, 0.4) is 0 Å². The van der Waals surface area contributed by atoms with E-state index in [0.717, 1.165) is 12.8 Å². The normalized spacial score (nSPS) is 15.2. The molecular formula is C16H18. The lowest BCUT2D eigenvalue weighted by Crippen LogP contribution is -1.83. The summed E-state index contributed by atoms with van der Waals surface area (Å²) >= 11 is 0. The molecule has 0 heteroatoms. The van der Waals surface area contributed by atoms with E-state index in [1.165, 1.54) is 27.8 Å². The summed E-state index contributed by atoms with van der Waals surface area (Å²) in [4.78, 5) is 0. The van der Waals surface area contributed by atoms with Crippen LogP contribution in [0.25, 0.3) is 5.57 Å². The number of hydrogen-bond acceptors (Lipinski definition) is 0. The molecule has 0 heterocycles. The molecule has 0 bridgehead atoms. The first-order chi connectivity index (χ1) is 7.74. The lowest BCUT2D eigenvalue weighted by atomic mass is 10.0. The van der Waals surface area contributed by atoms with Gasteiger partial charge in [-0.15, -0.1) is 0 Å². The highest BCUT2D eigenvalue weighted by atomic mass is 14.2. The third kappa shape index (κ3) is 2.01. The van der Waals surface area contributed by atoms with Gasteiger partial charge in [0.25, 0.3) is 0 Å². The Bertz CT molecular complexity index is 455. The third-order valence-electron chi connectivity index (χ3n) is 3.21. The van der Waals surface area contributed by atoms with Gasteiger partial charge in [0, 0.05) is 0 Å². The van der Waals surface area contributed by atoms with Gasteiger partial charge in [0.1, 0.15) is 0 Å². The molecule has 0 unspecified atom stereocenters. The number of allylic oxidation sites excluding steroid dienone is 5. The van der Waals surface area contributed by atoms with Gasteiger partial charge >= 0.3 is 0 Å². The van der Waals surface area contributed by atoms with Crippen LogP contribution in [-0.2, 0) is 0 Å². The van der Waals surface area contributed by atoms with Gasteiger partial charge in [-0.2, -0.15) is 0 Å². The van der Waals surface area contributed by atoms with Crippen LogP contribution < -0.4 is 0 Å². The van der Waals surface area contributed by atoms with Gasteiger partial charge in [0.15, 0.2) is 0 Å². The quantitative estimate of drug-likeness (QED) is 0.679. The summed E-state index contributed by atoms with van der Waals surface area (Å²) in [5, 5.41) is 0. The Morgan fingerprint density at radius 1 is 1.25 bits per heavy atom. The van der Waals surface area contributed by atoms with E-state index >= 15 is 0 Å². The molecule has 1 aromatic carbocycles. The van der Waals surface area contributed by atoms with E-state index in [0.29, 0.717) is 0 Å². The SMILES string of the molecule is C=CC1=C(CC)CC(c2ccc(C)cc2)=C1. The average Bonchev–Trinajstić information content (AvgIpc) is 2.73. The summed E-state index contributed by atoms with van der Waals surface area (Å²) in [6, 6.07) is 8.77. The molecule has 0 saturated heterocycles. The molecule has 1 aliphatic carbocycles. The fourth-order valence-electron chi connectivity index (χ4n) is 2.16. The molecule has 1 aliphatic rings. The monoisotopic (exact) mass is 210 g/mol. The highest BCUT2D eigenvalue weighted by Crippen LogP contribution is 2.34. The van der Waals surface area contributed by atoms with Crippen molar-refractivity contribution in [3.63, 3.8) is 0 Å². The minimum absolute atomic E-state index is 1.08. The second-order valence-corrected chi connectivity index (χ2v) is 4.33. The summed E-state index contributed by atoms with van der Waals surface area (Å²) in [5.74, 6) is 0. The van der Waals surface area contributed by atoms with Crippen LogP contribution in [0.1, 0.15) is 30.9 Å². The van der Waals surface area contributed by atoms with E-state index in [4.69, 9.17) is 0 Å². The maximum absolute atomic E-state index is 3.88. The van der Waals surface area contributed by atoms with Gasteiger partial charge in [-0.3, -0.25) is 0 Å². The zero-order valence-corrected chi connectivity index (χ0v) is 10.1. The largest absolute Gasteiger partial charge is 0.0985 e. The molecule has 0 spiro atoms. The van der Waals surface area contributed by atoms with Crippen LogP contribution in [0.4, 0.5) is 0 Å². The lowest BCUT2D eigenvalue weighted by Gasteiger charge is -2.04. The Morgan fingerprint density at radius 2 is 1.94 bits per heavy atom. The summed E-state index contributed by atoms with van der Waals surface area (Å²) in [6.45, 7) is 8.22. The van der Waals surface area contributed by atoms with Crippen LogP contribution in [0.2, 0.25) is 0 Å². The molecule has 0 aromatic heterocycles. The maximum atomic E-state index is 3.88.